The van der Waals surface area contributed by atoms with Crippen molar-refractivity contribution in [1.29, 1.82) is 0 Å². The first kappa shape index (κ1) is 19.0. The van der Waals surface area contributed by atoms with E-state index in [0.717, 1.165) is 16.9 Å². The van der Waals surface area contributed by atoms with Gasteiger partial charge in [-0.15, -0.1) is 0 Å². The quantitative estimate of drug-likeness (QED) is 0.446. The van der Waals surface area contributed by atoms with E-state index < -0.39 is 5.97 Å². The van der Waals surface area contributed by atoms with Crippen molar-refractivity contribution in [3.05, 3.63) is 82.1 Å². The van der Waals surface area contributed by atoms with Gasteiger partial charge in [0, 0.05) is 0 Å². The number of ether oxygens (including phenoxy) is 2. The van der Waals surface area contributed by atoms with E-state index in [0.29, 0.717) is 17.8 Å². The summed E-state index contributed by atoms with van der Waals surface area (Å²) in [6, 6.07) is 17.5. The number of hydrogen-bond donors (Lipinski definition) is 0. The Morgan fingerprint density at radius 1 is 1.04 bits per heavy atom. The van der Waals surface area contributed by atoms with E-state index in [1.165, 1.54) is 0 Å². The van der Waals surface area contributed by atoms with Gasteiger partial charge in [0.05, 0.1) is 12.2 Å². The smallest absolute Gasteiger partial charge is 0.343 e. The van der Waals surface area contributed by atoms with E-state index in [-0.39, 0.29) is 18.4 Å². The monoisotopic (exact) mass is 384 g/mol. The van der Waals surface area contributed by atoms with E-state index >= 15 is 0 Å². The van der Waals surface area contributed by atoms with Gasteiger partial charge < -0.3 is 9.47 Å². The molecule has 0 radical (unpaired) electrons. The molecule has 2 aromatic carbocycles. The minimum absolute atomic E-state index is 0.132. The zero-order valence-electron chi connectivity index (χ0n) is 15.3. The van der Waals surface area contributed by atoms with Crippen LogP contribution in [-0.2, 0) is 11.3 Å². The third kappa shape index (κ3) is 4.68. The number of hydrogen-bond acceptors (Lipinski definition) is 4. The van der Waals surface area contributed by atoms with Crippen LogP contribution in [0.3, 0.4) is 0 Å². The Labute approximate surface area is 163 Å². The van der Waals surface area contributed by atoms with Crippen LogP contribution in [0.4, 0.5) is 0 Å². The zero-order valence-corrected chi connectivity index (χ0v) is 16.1. The van der Waals surface area contributed by atoms with Crippen LogP contribution >= 0.6 is 11.6 Å². The average molecular weight is 385 g/mol. The number of halogens is 1. The van der Waals surface area contributed by atoms with Gasteiger partial charge in [-0.05, 0) is 31.0 Å². The number of aromatic nitrogens is 2. The van der Waals surface area contributed by atoms with Gasteiger partial charge in [-0.3, -0.25) is 0 Å². The van der Waals surface area contributed by atoms with Crippen molar-refractivity contribution >= 4 is 17.6 Å². The number of benzene rings is 2. The molecule has 0 aliphatic rings. The van der Waals surface area contributed by atoms with Crippen molar-refractivity contribution < 1.29 is 14.3 Å². The van der Waals surface area contributed by atoms with Gasteiger partial charge in [-0.25, -0.2) is 9.48 Å². The van der Waals surface area contributed by atoms with E-state index in [2.05, 4.69) is 5.10 Å². The second-order valence-corrected chi connectivity index (χ2v) is 6.50. The summed E-state index contributed by atoms with van der Waals surface area (Å²) in [7, 11) is 0. The topological polar surface area (TPSA) is 53.4 Å². The lowest BCUT2D eigenvalue weighted by molar-refractivity contribution is 0.0449. The number of aryl methyl sites for hydroxylation is 2. The van der Waals surface area contributed by atoms with E-state index in [9.17, 15) is 4.79 Å². The lowest BCUT2D eigenvalue weighted by atomic mass is 10.2. The third-order valence-corrected chi connectivity index (χ3v) is 4.50. The summed E-state index contributed by atoms with van der Waals surface area (Å²) >= 11 is 6.37. The molecule has 1 heterocycles. The van der Waals surface area contributed by atoms with Gasteiger partial charge in [0.1, 0.15) is 29.7 Å². The SMILES string of the molecule is Cc1ccccc1OCCOC(=O)c1c(C)nn(Cc2ccccc2)c1Cl. The van der Waals surface area contributed by atoms with Gasteiger partial charge in [-0.2, -0.15) is 5.10 Å². The van der Waals surface area contributed by atoms with Crippen LogP contribution in [0.15, 0.2) is 54.6 Å². The van der Waals surface area contributed by atoms with Crippen LogP contribution in [-0.4, -0.2) is 29.0 Å². The molecule has 0 spiro atoms. The largest absolute Gasteiger partial charge is 0.490 e. The van der Waals surface area contributed by atoms with Crippen LogP contribution in [0.2, 0.25) is 5.15 Å². The highest BCUT2D eigenvalue weighted by atomic mass is 35.5. The summed E-state index contributed by atoms with van der Waals surface area (Å²) in [5.41, 5.74) is 2.92. The van der Waals surface area contributed by atoms with E-state index in [4.69, 9.17) is 21.1 Å². The molecule has 3 aromatic rings. The molecule has 0 bridgehead atoms. The number of carbonyl (C=O) groups is 1. The molecular formula is C21H21ClN2O3. The summed E-state index contributed by atoms with van der Waals surface area (Å²) in [6.07, 6.45) is 0. The number of para-hydroxylation sites is 1. The first-order valence-corrected chi connectivity index (χ1v) is 9.06. The second-order valence-electron chi connectivity index (χ2n) is 6.14. The number of esters is 1. The maximum atomic E-state index is 12.4. The maximum absolute atomic E-state index is 12.4. The lowest BCUT2D eigenvalue weighted by Gasteiger charge is -2.09. The molecule has 3 rings (SSSR count). The molecule has 0 aliphatic carbocycles. The van der Waals surface area contributed by atoms with Crippen LogP contribution < -0.4 is 4.74 Å². The molecule has 6 heteroatoms. The third-order valence-electron chi connectivity index (χ3n) is 4.11. The molecule has 27 heavy (non-hydrogen) atoms. The minimum atomic E-state index is -0.495. The molecule has 0 aliphatic heterocycles. The molecule has 0 unspecified atom stereocenters. The Morgan fingerprint density at radius 3 is 2.48 bits per heavy atom. The van der Waals surface area contributed by atoms with Gasteiger partial charge in [-0.1, -0.05) is 60.1 Å². The Kier molecular flexibility index (Phi) is 6.14. The molecular weight excluding hydrogens is 364 g/mol. The zero-order chi connectivity index (χ0) is 19.2. The molecule has 140 valence electrons. The first-order chi connectivity index (χ1) is 13.1. The molecule has 1 aromatic heterocycles. The van der Waals surface area contributed by atoms with Crippen LogP contribution in [0, 0.1) is 13.8 Å². The molecule has 0 amide bonds. The molecule has 0 fully saturated rings. The van der Waals surface area contributed by atoms with E-state index in [1.807, 2.05) is 61.5 Å². The van der Waals surface area contributed by atoms with Gasteiger partial charge in [0.2, 0.25) is 0 Å². The summed E-state index contributed by atoms with van der Waals surface area (Å²) in [5, 5.41) is 4.65. The number of nitrogens with zero attached hydrogens (tertiary/aromatic N) is 2. The van der Waals surface area contributed by atoms with Crippen molar-refractivity contribution in [3.63, 3.8) is 0 Å². The molecule has 0 saturated heterocycles. The number of carbonyl (C=O) groups excluding carboxylic acids is 1. The lowest BCUT2D eigenvalue weighted by Crippen LogP contribution is -2.13. The highest BCUT2D eigenvalue weighted by Crippen LogP contribution is 2.22. The number of rotatable bonds is 7. The Morgan fingerprint density at radius 2 is 1.74 bits per heavy atom. The van der Waals surface area contributed by atoms with Gasteiger partial charge in [0.15, 0.2) is 0 Å². The normalized spacial score (nSPS) is 10.6. The summed E-state index contributed by atoms with van der Waals surface area (Å²) < 4.78 is 12.6. The maximum Gasteiger partial charge on any atom is 0.343 e. The van der Waals surface area contributed by atoms with Crippen LogP contribution in [0.25, 0.3) is 0 Å². The first-order valence-electron chi connectivity index (χ1n) is 8.68. The fourth-order valence-corrected chi connectivity index (χ4v) is 3.03. The molecule has 0 N–H and O–H groups in total. The molecule has 0 atom stereocenters. The predicted octanol–water partition coefficient (Wildman–Crippen LogP) is 4.44. The second kappa shape index (κ2) is 8.73. The van der Waals surface area contributed by atoms with Crippen molar-refractivity contribution in [3.8, 4) is 5.75 Å². The molecule has 5 nitrogen and oxygen atoms in total. The molecule has 0 saturated carbocycles. The fourth-order valence-electron chi connectivity index (χ4n) is 2.72. The summed E-state index contributed by atoms with van der Waals surface area (Å²) in [4.78, 5) is 12.4. The van der Waals surface area contributed by atoms with Crippen molar-refractivity contribution in [2.24, 2.45) is 0 Å². The van der Waals surface area contributed by atoms with Crippen molar-refractivity contribution in [2.45, 2.75) is 20.4 Å². The highest BCUT2D eigenvalue weighted by molar-refractivity contribution is 6.32. The van der Waals surface area contributed by atoms with Crippen molar-refractivity contribution in [2.75, 3.05) is 13.2 Å². The van der Waals surface area contributed by atoms with Gasteiger partial charge >= 0.3 is 5.97 Å². The van der Waals surface area contributed by atoms with E-state index in [1.54, 1.807) is 11.6 Å². The Balaban J connectivity index is 1.59. The Bertz CT molecular complexity index is 922. The fraction of sp³-hybridized carbons (Fsp3) is 0.238. The van der Waals surface area contributed by atoms with Crippen LogP contribution in [0.1, 0.15) is 27.2 Å². The Hall–Kier alpha value is -2.79. The minimum Gasteiger partial charge on any atom is -0.490 e. The van der Waals surface area contributed by atoms with Crippen LogP contribution in [0.5, 0.6) is 5.75 Å². The summed E-state index contributed by atoms with van der Waals surface area (Å²) in [6.45, 7) is 4.60. The predicted molar refractivity (Wildman–Crippen MR) is 104 cm³/mol. The average Bonchev–Trinajstić information content (AvgIpc) is 2.94. The standard InChI is InChI=1S/C21H21ClN2O3/c1-15-8-6-7-11-18(15)26-12-13-27-21(25)19-16(2)23-24(20(19)22)14-17-9-4-3-5-10-17/h3-11H,12-14H2,1-2H3. The van der Waals surface area contributed by atoms with Crippen molar-refractivity contribution in [1.82, 2.24) is 9.78 Å². The highest BCUT2D eigenvalue weighted by Gasteiger charge is 2.21. The van der Waals surface area contributed by atoms with Gasteiger partial charge in [0.25, 0.3) is 0 Å². The summed E-state index contributed by atoms with van der Waals surface area (Å²) in [5.74, 6) is 0.281.